The van der Waals surface area contributed by atoms with E-state index in [-0.39, 0.29) is 28.2 Å². The average Bonchev–Trinajstić information content (AvgIpc) is 2.79. The molecule has 110 valence electrons. The first-order chi connectivity index (χ1) is 9.93. The van der Waals surface area contributed by atoms with Crippen molar-refractivity contribution < 1.29 is 9.85 Å². The third-order valence-corrected chi connectivity index (χ3v) is 3.23. The van der Waals surface area contributed by atoms with Gasteiger partial charge in [0.05, 0.1) is 22.8 Å². The predicted octanol–water partition coefficient (Wildman–Crippen LogP) is 1.80. The van der Waals surface area contributed by atoms with Crippen molar-refractivity contribution in [2.45, 2.75) is 6.54 Å². The Morgan fingerprint density at radius 2 is 2.05 bits per heavy atom. The van der Waals surface area contributed by atoms with Gasteiger partial charge in [-0.15, -0.1) is 0 Å². The summed E-state index contributed by atoms with van der Waals surface area (Å²) in [5.74, 6) is 4.99. The van der Waals surface area contributed by atoms with Crippen LogP contribution in [0.4, 0.5) is 17.2 Å². The zero-order chi connectivity index (χ0) is 15.6. The summed E-state index contributed by atoms with van der Waals surface area (Å²) in [6.07, 6.45) is 1.41. The van der Waals surface area contributed by atoms with E-state index < -0.39 is 9.85 Å². The highest BCUT2D eigenvalue weighted by Crippen LogP contribution is 2.29. The molecule has 0 fully saturated rings. The smallest absolute Gasteiger partial charge is 0.358 e. The summed E-state index contributed by atoms with van der Waals surface area (Å²) in [6.45, 7) is 0.0909. The molecule has 0 bridgehead atoms. The Bertz CT molecular complexity index is 716. The van der Waals surface area contributed by atoms with E-state index in [0.717, 1.165) is 0 Å². The largest absolute Gasteiger partial charge is 0.404 e. The van der Waals surface area contributed by atoms with Gasteiger partial charge in [0, 0.05) is 11.6 Å². The SMILES string of the molecule is NNc1c(Cn2cc(Br)c([N+](=O)[O-])n2)cccc1[N+](=O)[O-]. The number of hydrogen-bond donors (Lipinski definition) is 2. The lowest BCUT2D eigenvalue weighted by Gasteiger charge is -2.07. The van der Waals surface area contributed by atoms with E-state index in [1.807, 2.05) is 0 Å². The number of anilines is 1. The van der Waals surface area contributed by atoms with E-state index in [1.165, 1.54) is 23.0 Å². The van der Waals surface area contributed by atoms with Crippen molar-refractivity contribution in [3.05, 3.63) is 54.7 Å². The first kappa shape index (κ1) is 14.9. The zero-order valence-corrected chi connectivity index (χ0v) is 12.0. The van der Waals surface area contributed by atoms with E-state index >= 15 is 0 Å². The van der Waals surface area contributed by atoms with Crippen molar-refractivity contribution >= 4 is 33.1 Å². The Kier molecular flexibility index (Phi) is 4.14. The Morgan fingerprint density at radius 3 is 2.57 bits per heavy atom. The van der Waals surface area contributed by atoms with Crippen molar-refractivity contribution in [3.63, 3.8) is 0 Å². The van der Waals surface area contributed by atoms with Crippen LogP contribution >= 0.6 is 15.9 Å². The van der Waals surface area contributed by atoms with E-state index in [4.69, 9.17) is 5.84 Å². The van der Waals surface area contributed by atoms with Gasteiger partial charge in [0.15, 0.2) is 0 Å². The Balaban J connectivity index is 2.40. The summed E-state index contributed by atoms with van der Waals surface area (Å²) in [5.41, 5.74) is 2.72. The molecule has 2 rings (SSSR count). The van der Waals surface area contributed by atoms with Gasteiger partial charge in [0.2, 0.25) is 0 Å². The van der Waals surface area contributed by atoms with Gasteiger partial charge in [0.25, 0.3) is 5.69 Å². The minimum absolute atomic E-state index is 0.0909. The van der Waals surface area contributed by atoms with E-state index in [2.05, 4.69) is 26.5 Å². The van der Waals surface area contributed by atoms with Crippen LogP contribution in [0.2, 0.25) is 0 Å². The number of hydrazine groups is 1. The monoisotopic (exact) mass is 356 g/mol. The number of nitrogens with zero attached hydrogens (tertiary/aromatic N) is 4. The molecule has 1 heterocycles. The van der Waals surface area contributed by atoms with Crippen LogP contribution in [0.25, 0.3) is 0 Å². The number of nitro groups is 2. The molecule has 0 radical (unpaired) electrons. The molecular formula is C10H9BrN6O4. The number of para-hydroxylation sites is 1. The topological polar surface area (TPSA) is 142 Å². The Morgan fingerprint density at radius 1 is 1.33 bits per heavy atom. The number of nitrogens with two attached hydrogens (primary N) is 1. The molecular weight excluding hydrogens is 348 g/mol. The van der Waals surface area contributed by atoms with Gasteiger partial charge < -0.3 is 15.5 Å². The number of rotatable bonds is 5. The lowest BCUT2D eigenvalue weighted by atomic mass is 10.1. The predicted molar refractivity (Wildman–Crippen MR) is 76.6 cm³/mol. The lowest BCUT2D eigenvalue weighted by molar-refractivity contribution is -0.390. The molecule has 10 nitrogen and oxygen atoms in total. The van der Waals surface area contributed by atoms with E-state index in [1.54, 1.807) is 6.07 Å². The van der Waals surface area contributed by atoms with E-state index in [0.29, 0.717) is 5.56 Å². The number of benzene rings is 1. The molecule has 3 N–H and O–H groups in total. The summed E-state index contributed by atoms with van der Waals surface area (Å²) in [7, 11) is 0. The number of aromatic nitrogens is 2. The van der Waals surface area contributed by atoms with Gasteiger partial charge in [-0.3, -0.25) is 16.0 Å². The van der Waals surface area contributed by atoms with Gasteiger partial charge in [0.1, 0.15) is 10.2 Å². The Hall–Kier alpha value is -2.53. The number of nitrogens with one attached hydrogen (secondary N) is 1. The molecule has 1 aromatic heterocycles. The average molecular weight is 357 g/mol. The molecule has 2 aromatic rings. The molecule has 11 heteroatoms. The number of halogens is 1. The van der Waals surface area contributed by atoms with Crippen LogP contribution in [0, 0.1) is 20.2 Å². The second-order valence-corrected chi connectivity index (χ2v) is 4.82. The minimum Gasteiger partial charge on any atom is -0.358 e. The van der Waals surface area contributed by atoms with Crippen molar-refractivity contribution in [2.75, 3.05) is 5.43 Å². The number of nitrogen functional groups attached to an aromatic ring is 1. The fourth-order valence-corrected chi connectivity index (χ4v) is 2.26. The van der Waals surface area contributed by atoms with Crippen LogP contribution < -0.4 is 11.3 Å². The zero-order valence-electron chi connectivity index (χ0n) is 10.4. The standard InChI is InChI=1S/C10H9BrN6O4/c11-7-5-15(14-10(7)17(20)21)4-6-2-1-3-8(16(18)19)9(6)13-12/h1-3,5,13H,4,12H2. The van der Waals surface area contributed by atoms with Crippen LogP contribution in [0.5, 0.6) is 0 Å². The van der Waals surface area contributed by atoms with Gasteiger partial charge in [-0.2, -0.15) is 4.68 Å². The second kappa shape index (κ2) is 5.85. The van der Waals surface area contributed by atoms with Crippen molar-refractivity contribution in [1.29, 1.82) is 0 Å². The summed E-state index contributed by atoms with van der Waals surface area (Å²) < 4.78 is 1.52. The normalized spacial score (nSPS) is 10.4. The molecule has 0 aliphatic carbocycles. The molecule has 0 saturated carbocycles. The Labute approximate surface area is 125 Å². The third-order valence-electron chi connectivity index (χ3n) is 2.67. The molecule has 21 heavy (non-hydrogen) atoms. The number of nitro benzene ring substituents is 1. The summed E-state index contributed by atoms with van der Waals surface area (Å²) in [6, 6.07) is 4.42. The third kappa shape index (κ3) is 2.98. The fourth-order valence-electron chi connectivity index (χ4n) is 1.80. The van der Waals surface area contributed by atoms with Crippen LogP contribution in [-0.2, 0) is 6.54 Å². The first-order valence-corrected chi connectivity index (χ1v) is 6.33. The molecule has 0 saturated heterocycles. The second-order valence-electron chi connectivity index (χ2n) is 3.97. The van der Waals surface area contributed by atoms with Crippen LogP contribution in [-0.4, -0.2) is 19.6 Å². The van der Waals surface area contributed by atoms with Crippen LogP contribution in [0.15, 0.2) is 28.9 Å². The molecule has 0 aliphatic heterocycles. The molecule has 0 amide bonds. The fraction of sp³-hybridized carbons (Fsp3) is 0.100. The highest BCUT2D eigenvalue weighted by Gasteiger charge is 2.21. The van der Waals surface area contributed by atoms with Gasteiger partial charge in [-0.25, -0.2) is 0 Å². The van der Waals surface area contributed by atoms with Gasteiger partial charge in [-0.1, -0.05) is 12.1 Å². The highest BCUT2D eigenvalue weighted by molar-refractivity contribution is 9.10. The van der Waals surface area contributed by atoms with Crippen molar-refractivity contribution in [2.24, 2.45) is 5.84 Å². The van der Waals surface area contributed by atoms with E-state index in [9.17, 15) is 20.2 Å². The van der Waals surface area contributed by atoms with Crippen molar-refractivity contribution in [3.8, 4) is 0 Å². The van der Waals surface area contributed by atoms with Crippen LogP contribution in [0.3, 0.4) is 0 Å². The summed E-state index contributed by atoms with van der Waals surface area (Å²) in [4.78, 5) is 20.5. The maximum absolute atomic E-state index is 10.9. The number of hydrogen-bond acceptors (Lipinski definition) is 7. The summed E-state index contributed by atoms with van der Waals surface area (Å²) in [5, 5.41) is 25.4. The lowest BCUT2D eigenvalue weighted by Crippen LogP contribution is -2.13. The molecule has 1 aromatic carbocycles. The van der Waals surface area contributed by atoms with Crippen LogP contribution in [0.1, 0.15) is 5.56 Å². The molecule has 0 unspecified atom stereocenters. The summed E-state index contributed by atoms with van der Waals surface area (Å²) >= 11 is 3.03. The van der Waals surface area contributed by atoms with Crippen molar-refractivity contribution in [1.82, 2.24) is 9.78 Å². The quantitative estimate of drug-likeness (QED) is 0.472. The van der Waals surface area contributed by atoms with Gasteiger partial charge >= 0.3 is 5.82 Å². The minimum atomic E-state index is -0.629. The maximum Gasteiger partial charge on any atom is 0.404 e. The highest BCUT2D eigenvalue weighted by atomic mass is 79.9. The molecule has 0 aliphatic rings. The first-order valence-electron chi connectivity index (χ1n) is 5.54. The molecule has 0 atom stereocenters. The molecule has 0 spiro atoms. The van der Waals surface area contributed by atoms with Gasteiger partial charge in [-0.05, 0) is 20.9 Å². The maximum atomic E-state index is 10.9.